The Morgan fingerprint density at radius 1 is 0.963 bits per heavy atom. The van der Waals surface area contributed by atoms with Crippen molar-refractivity contribution in [2.75, 3.05) is 4.90 Å². The molecule has 0 aromatic heterocycles. The summed E-state index contributed by atoms with van der Waals surface area (Å²) in [5, 5.41) is 19.5. The van der Waals surface area contributed by atoms with E-state index in [0.717, 1.165) is 11.3 Å². The molecule has 2 aromatic carbocycles. The van der Waals surface area contributed by atoms with Gasteiger partial charge in [0, 0.05) is 17.3 Å². The van der Waals surface area contributed by atoms with Crippen molar-refractivity contribution in [1.29, 1.82) is 10.8 Å². The highest BCUT2D eigenvalue weighted by Crippen LogP contribution is 2.46. The molecule has 2 N–H and O–H groups in total. The predicted octanol–water partition coefficient (Wildman–Crippen LogP) is 4.43. The summed E-state index contributed by atoms with van der Waals surface area (Å²) >= 11 is 0. The largest absolute Gasteiger partial charge is 0.322 e. The average Bonchev–Trinajstić information content (AvgIpc) is 3.12. The van der Waals surface area contributed by atoms with Crippen LogP contribution < -0.4 is 10.1 Å². The first-order valence-corrected chi connectivity index (χ1v) is 12.6. The molecule has 3 nitrogen and oxygen atoms in total. The monoisotopic (exact) mass is 369 g/mol. The smallest absolute Gasteiger partial charge is 0.108 e. The van der Waals surface area contributed by atoms with Gasteiger partial charge in [0.05, 0.1) is 19.7 Å². The molecule has 0 spiro atoms. The van der Waals surface area contributed by atoms with Crippen LogP contribution >= 0.6 is 0 Å². The van der Waals surface area contributed by atoms with E-state index < -0.39 is 8.07 Å². The minimum atomic E-state index is -1.99. The molecule has 0 fully saturated rings. The van der Waals surface area contributed by atoms with Crippen molar-refractivity contribution >= 4 is 30.5 Å². The minimum Gasteiger partial charge on any atom is -0.322 e. The van der Waals surface area contributed by atoms with E-state index in [4.69, 9.17) is 5.41 Å². The van der Waals surface area contributed by atoms with Gasteiger partial charge in [-0.15, -0.1) is 0 Å². The van der Waals surface area contributed by atoms with Crippen LogP contribution in [-0.2, 0) is 0 Å². The van der Waals surface area contributed by atoms with E-state index in [1.807, 2.05) is 6.07 Å². The third kappa shape index (κ3) is 2.13. The van der Waals surface area contributed by atoms with Gasteiger partial charge < -0.3 is 10.3 Å². The number of rotatable bonds is 1. The number of fused-ring (bicyclic) bond motifs is 4. The van der Waals surface area contributed by atoms with Gasteiger partial charge in [0.2, 0.25) is 0 Å². The maximum absolute atomic E-state index is 9.26. The molecule has 27 heavy (non-hydrogen) atoms. The van der Waals surface area contributed by atoms with E-state index in [-0.39, 0.29) is 17.5 Å². The van der Waals surface area contributed by atoms with Crippen LogP contribution in [0.4, 0.5) is 5.69 Å². The molecule has 134 valence electrons. The van der Waals surface area contributed by atoms with Gasteiger partial charge in [-0.05, 0) is 22.4 Å². The second kappa shape index (κ2) is 5.63. The number of hydrogen-bond donors (Lipinski definition) is 2. The summed E-state index contributed by atoms with van der Waals surface area (Å²) in [6.07, 6.45) is 8.65. The first kappa shape index (κ1) is 16.5. The van der Waals surface area contributed by atoms with Gasteiger partial charge in [0.1, 0.15) is 5.84 Å². The van der Waals surface area contributed by atoms with Crippen molar-refractivity contribution in [2.45, 2.75) is 30.6 Å². The summed E-state index contributed by atoms with van der Waals surface area (Å²) in [5.74, 6) is 0.877. The van der Waals surface area contributed by atoms with Gasteiger partial charge in [-0.2, -0.15) is 0 Å². The standard InChI is InChI=1S/C23H23N3Si/c1-27(2)20-14-8-5-11-17(20)21(24)22(27)23(25)26-18-12-6-3-9-15(18)16-10-4-7-13-19(16)26/h3-15,18,22,24-25H,1-2H3. The van der Waals surface area contributed by atoms with E-state index in [2.05, 4.69) is 84.8 Å². The van der Waals surface area contributed by atoms with Crippen LogP contribution in [0.2, 0.25) is 18.6 Å². The van der Waals surface area contributed by atoms with E-state index >= 15 is 0 Å². The second-order valence-corrected chi connectivity index (χ2v) is 12.8. The maximum atomic E-state index is 9.26. The summed E-state index contributed by atoms with van der Waals surface area (Å²) in [5.41, 5.74) is 3.98. The Balaban J connectivity index is 1.62. The average molecular weight is 370 g/mol. The highest BCUT2D eigenvalue weighted by atomic mass is 28.3. The van der Waals surface area contributed by atoms with Crippen LogP contribution in [0.5, 0.6) is 0 Å². The molecular weight excluding hydrogens is 346 g/mol. The first-order valence-electron chi connectivity index (χ1n) is 9.51. The summed E-state index contributed by atoms with van der Waals surface area (Å²) in [6, 6.07) is 16.9. The van der Waals surface area contributed by atoms with Gasteiger partial charge in [-0.1, -0.05) is 79.9 Å². The fourth-order valence-electron chi connectivity index (χ4n) is 5.14. The molecule has 0 saturated heterocycles. The number of nitrogens with zero attached hydrogens (tertiary/aromatic N) is 1. The van der Waals surface area contributed by atoms with Crippen LogP contribution in [0.25, 0.3) is 0 Å². The second-order valence-electron chi connectivity index (χ2n) is 8.21. The quantitative estimate of drug-likeness (QED) is 0.436. The lowest BCUT2D eigenvalue weighted by Crippen LogP contribution is -2.51. The Hall–Kier alpha value is -2.72. The normalized spacial score (nSPS) is 26.7. The molecule has 4 heteroatoms. The molecule has 5 rings (SSSR count). The van der Waals surface area contributed by atoms with Crippen molar-refractivity contribution in [3.63, 3.8) is 0 Å². The lowest BCUT2D eigenvalue weighted by molar-refractivity contribution is 0.750. The third-order valence-corrected chi connectivity index (χ3v) is 10.2. The van der Waals surface area contributed by atoms with Crippen LogP contribution in [0, 0.1) is 10.8 Å². The van der Waals surface area contributed by atoms with Gasteiger partial charge >= 0.3 is 0 Å². The fraction of sp³-hybridized carbons (Fsp3) is 0.217. The summed E-state index contributed by atoms with van der Waals surface area (Å²) in [7, 11) is -1.99. The summed E-state index contributed by atoms with van der Waals surface area (Å²) in [6.45, 7) is 4.62. The molecule has 0 bridgehead atoms. The molecule has 0 amide bonds. The van der Waals surface area contributed by atoms with Crippen LogP contribution in [0.3, 0.4) is 0 Å². The third-order valence-electron chi connectivity index (χ3n) is 6.41. The molecule has 2 aliphatic heterocycles. The zero-order chi connectivity index (χ0) is 18.8. The Morgan fingerprint density at radius 2 is 1.67 bits per heavy atom. The van der Waals surface area contributed by atoms with Crippen LogP contribution in [-0.4, -0.2) is 25.7 Å². The lowest BCUT2D eigenvalue weighted by atomic mass is 9.91. The van der Waals surface area contributed by atoms with Crippen LogP contribution in [0.1, 0.15) is 17.0 Å². The maximum Gasteiger partial charge on any atom is 0.108 e. The van der Waals surface area contributed by atoms with Gasteiger partial charge in [0.25, 0.3) is 0 Å². The van der Waals surface area contributed by atoms with E-state index in [0.29, 0.717) is 11.5 Å². The Labute approximate surface area is 161 Å². The van der Waals surface area contributed by atoms with Gasteiger partial charge in [0.15, 0.2) is 0 Å². The minimum absolute atomic E-state index is 0.110. The number of amidine groups is 1. The van der Waals surface area contributed by atoms with E-state index in [1.54, 1.807) is 0 Å². The fourth-order valence-corrected chi connectivity index (χ4v) is 8.59. The molecule has 3 atom stereocenters. The Morgan fingerprint density at radius 3 is 2.48 bits per heavy atom. The number of hydrogen-bond acceptors (Lipinski definition) is 2. The first-order chi connectivity index (χ1) is 13.0. The Kier molecular flexibility index (Phi) is 3.43. The highest BCUT2D eigenvalue weighted by molar-refractivity contribution is 6.99. The van der Waals surface area contributed by atoms with Crippen molar-refractivity contribution in [3.05, 3.63) is 84.0 Å². The SMILES string of the molecule is C[Si]1(C)c2ccccc2C(=N)C1C(=N)N1c2ccccc2C2C=CC=CC21. The van der Waals surface area contributed by atoms with Crippen molar-refractivity contribution in [1.82, 2.24) is 0 Å². The zero-order valence-corrected chi connectivity index (χ0v) is 16.6. The molecule has 1 aliphatic carbocycles. The number of allylic oxidation sites excluding steroid dienone is 2. The zero-order valence-electron chi connectivity index (χ0n) is 15.6. The number of benzene rings is 2. The van der Waals surface area contributed by atoms with Crippen molar-refractivity contribution in [2.24, 2.45) is 0 Å². The highest BCUT2D eigenvalue weighted by Gasteiger charge is 2.51. The molecule has 2 heterocycles. The van der Waals surface area contributed by atoms with E-state index in [1.165, 1.54) is 10.8 Å². The molecular formula is C23H23N3Si. The Bertz CT molecular complexity index is 1030. The number of para-hydroxylation sites is 1. The van der Waals surface area contributed by atoms with E-state index in [9.17, 15) is 5.41 Å². The molecule has 0 radical (unpaired) electrons. The number of anilines is 1. The summed E-state index contributed by atoms with van der Waals surface area (Å²) in [4.78, 5) is 2.19. The van der Waals surface area contributed by atoms with Crippen molar-refractivity contribution in [3.8, 4) is 0 Å². The molecule has 0 saturated carbocycles. The van der Waals surface area contributed by atoms with Gasteiger partial charge in [-0.3, -0.25) is 5.41 Å². The lowest BCUT2D eigenvalue weighted by Gasteiger charge is -2.35. The molecule has 3 aliphatic rings. The topological polar surface area (TPSA) is 50.9 Å². The molecule has 3 unspecified atom stereocenters. The van der Waals surface area contributed by atoms with Gasteiger partial charge in [-0.25, -0.2) is 0 Å². The van der Waals surface area contributed by atoms with Crippen molar-refractivity contribution < 1.29 is 0 Å². The predicted molar refractivity (Wildman–Crippen MR) is 116 cm³/mol. The number of nitrogens with one attached hydrogen (secondary N) is 2. The summed E-state index contributed by atoms with van der Waals surface area (Å²) < 4.78 is 0. The molecule has 2 aromatic rings. The van der Waals surface area contributed by atoms with Crippen LogP contribution in [0.15, 0.2) is 72.8 Å².